The van der Waals surface area contributed by atoms with Crippen LogP contribution >= 0.6 is 9.24 Å². The smallest absolute Gasteiger partial charge is 0.00340 e. The molecule has 1 heteroatoms. The molecule has 0 amide bonds. The summed E-state index contributed by atoms with van der Waals surface area (Å²) in [6.45, 7) is 6.83. The monoisotopic (exact) mass is 256 g/mol. The van der Waals surface area contributed by atoms with Crippen molar-refractivity contribution < 1.29 is 0 Å². The Kier molecular flexibility index (Phi) is 3.88. The molecule has 2 unspecified atom stereocenters. The molecule has 0 saturated heterocycles. The third-order valence-corrected chi connectivity index (χ3v) is 4.67. The molecule has 2 atom stereocenters. The molecule has 0 saturated carbocycles. The molecule has 0 aromatic heterocycles. The van der Waals surface area contributed by atoms with Crippen molar-refractivity contribution in [3.05, 3.63) is 60.2 Å². The lowest BCUT2D eigenvalue weighted by molar-refractivity contribution is 0.401. The second kappa shape index (κ2) is 5.24. The van der Waals surface area contributed by atoms with E-state index in [4.69, 9.17) is 0 Å². The topological polar surface area (TPSA) is 0 Å². The molecule has 2 aromatic rings. The highest BCUT2D eigenvalue weighted by Gasteiger charge is 2.21. The summed E-state index contributed by atoms with van der Waals surface area (Å²) in [5.74, 6) is 0. The van der Waals surface area contributed by atoms with Gasteiger partial charge in [0.25, 0.3) is 0 Å². The fraction of sp³-hybridized carbons (Fsp3) is 0.294. The fourth-order valence-electron chi connectivity index (χ4n) is 2.04. The van der Waals surface area contributed by atoms with Gasteiger partial charge in [-0.25, -0.2) is 0 Å². The molecule has 0 aliphatic carbocycles. The summed E-state index contributed by atoms with van der Waals surface area (Å²) in [6.07, 6.45) is 0. The summed E-state index contributed by atoms with van der Waals surface area (Å²) in [5, 5.41) is 0. The summed E-state index contributed by atoms with van der Waals surface area (Å²) in [5.41, 5.74) is 4.70. The van der Waals surface area contributed by atoms with Crippen molar-refractivity contribution in [2.24, 2.45) is 5.41 Å². The summed E-state index contributed by atoms with van der Waals surface area (Å²) >= 11 is 0. The summed E-state index contributed by atoms with van der Waals surface area (Å²) in [4.78, 5) is 0. The third-order valence-electron chi connectivity index (χ3n) is 3.29. The zero-order chi connectivity index (χ0) is 13.2. The van der Waals surface area contributed by atoms with Gasteiger partial charge in [0.15, 0.2) is 0 Å². The Morgan fingerprint density at radius 2 is 1.44 bits per heavy atom. The molecule has 0 radical (unpaired) electrons. The van der Waals surface area contributed by atoms with Gasteiger partial charge in [0.1, 0.15) is 0 Å². The average molecular weight is 256 g/mol. The maximum atomic E-state index is 2.98. The molecule has 0 nitrogen and oxygen atoms in total. The van der Waals surface area contributed by atoms with Crippen molar-refractivity contribution in [3.8, 4) is 11.1 Å². The van der Waals surface area contributed by atoms with Gasteiger partial charge in [0.2, 0.25) is 0 Å². The van der Waals surface area contributed by atoms with E-state index >= 15 is 0 Å². The zero-order valence-electron chi connectivity index (χ0n) is 11.4. The molecule has 2 aromatic carbocycles. The normalized spacial score (nSPS) is 13.3. The number of hydrogen-bond acceptors (Lipinski definition) is 0. The minimum Gasteiger partial charge on any atom is -0.129 e. The van der Waals surface area contributed by atoms with Crippen LogP contribution < -0.4 is 0 Å². The SMILES string of the molecule is CC(C)(C)C(P)c1cccc(-c2ccccc2)c1. The van der Waals surface area contributed by atoms with Crippen LogP contribution in [-0.4, -0.2) is 0 Å². The van der Waals surface area contributed by atoms with Crippen molar-refractivity contribution >= 4 is 9.24 Å². The van der Waals surface area contributed by atoms with E-state index in [-0.39, 0.29) is 5.41 Å². The lowest BCUT2D eigenvalue weighted by Crippen LogP contribution is -2.12. The van der Waals surface area contributed by atoms with E-state index < -0.39 is 0 Å². The minimum atomic E-state index is 0.264. The Balaban J connectivity index is 2.37. The van der Waals surface area contributed by atoms with Crippen LogP contribution in [0.4, 0.5) is 0 Å². The predicted molar refractivity (Wildman–Crippen MR) is 83.8 cm³/mol. The van der Waals surface area contributed by atoms with Crippen LogP contribution in [0, 0.1) is 5.41 Å². The van der Waals surface area contributed by atoms with Crippen molar-refractivity contribution in [1.82, 2.24) is 0 Å². The highest BCUT2D eigenvalue weighted by molar-refractivity contribution is 7.17. The molecular formula is C17H21P. The Morgan fingerprint density at radius 3 is 2.06 bits per heavy atom. The first-order valence-electron chi connectivity index (χ1n) is 6.39. The van der Waals surface area contributed by atoms with E-state index in [2.05, 4.69) is 84.6 Å². The van der Waals surface area contributed by atoms with Crippen molar-refractivity contribution in [1.29, 1.82) is 0 Å². The largest absolute Gasteiger partial charge is 0.129 e. The molecule has 0 spiro atoms. The molecule has 0 aliphatic heterocycles. The second-order valence-corrected chi connectivity index (χ2v) is 6.50. The highest BCUT2D eigenvalue weighted by Crippen LogP contribution is 2.41. The Morgan fingerprint density at radius 1 is 0.833 bits per heavy atom. The lowest BCUT2D eigenvalue weighted by Gasteiger charge is -2.27. The standard InChI is InChI=1S/C17H21P/c1-17(2,3)16(18)15-11-7-10-14(12-15)13-8-5-4-6-9-13/h4-12,16H,18H2,1-3H3. The lowest BCUT2D eigenvalue weighted by atomic mass is 9.86. The number of benzene rings is 2. The molecule has 0 N–H and O–H groups in total. The Labute approximate surface area is 113 Å². The summed E-state index contributed by atoms with van der Waals surface area (Å²) in [6, 6.07) is 19.4. The van der Waals surface area contributed by atoms with Crippen LogP contribution in [0.3, 0.4) is 0 Å². The first-order valence-corrected chi connectivity index (χ1v) is 7.06. The average Bonchev–Trinajstić information content (AvgIpc) is 2.38. The molecule has 18 heavy (non-hydrogen) atoms. The summed E-state index contributed by atoms with van der Waals surface area (Å²) < 4.78 is 0. The predicted octanol–water partition coefficient (Wildman–Crippen LogP) is 5.32. The van der Waals surface area contributed by atoms with Crippen LogP contribution in [0.25, 0.3) is 11.1 Å². The van der Waals surface area contributed by atoms with Gasteiger partial charge in [0, 0.05) is 5.66 Å². The van der Waals surface area contributed by atoms with E-state index in [0.717, 1.165) is 0 Å². The van der Waals surface area contributed by atoms with E-state index in [1.807, 2.05) is 0 Å². The van der Waals surface area contributed by atoms with Crippen molar-refractivity contribution in [2.75, 3.05) is 0 Å². The van der Waals surface area contributed by atoms with E-state index in [1.54, 1.807) is 0 Å². The minimum absolute atomic E-state index is 0.264. The zero-order valence-corrected chi connectivity index (χ0v) is 12.5. The van der Waals surface area contributed by atoms with Gasteiger partial charge in [-0.1, -0.05) is 75.4 Å². The molecular weight excluding hydrogens is 235 g/mol. The van der Waals surface area contributed by atoms with Gasteiger partial charge < -0.3 is 0 Å². The molecule has 0 bridgehead atoms. The van der Waals surface area contributed by atoms with E-state index in [0.29, 0.717) is 5.66 Å². The number of hydrogen-bond donors (Lipinski definition) is 0. The molecule has 0 aliphatic rings. The number of rotatable bonds is 2. The van der Waals surface area contributed by atoms with Gasteiger partial charge in [-0.05, 0) is 22.1 Å². The summed E-state index contributed by atoms with van der Waals surface area (Å²) in [7, 11) is 2.98. The van der Waals surface area contributed by atoms with Gasteiger partial charge in [-0.3, -0.25) is 0 Å². The Bertz CT molecular complexity index is 509. The molecule has 2 rings (SSSR count). The van der Waals surface area contributed by atoms with Gasteiger partial charge in [-0.2, -0.15) is 0 Å². The van der Waals surface area contributed by atoms with Crippen LogP contribution in [0.2, 0.25) is 0 Å². The Hall–Kier alpha value is -1.13. The van der Waals surface area contributed by atoms with Gasteiger partial charge >= 0.3 is 0 Å². The van der Waals surface area contributed by atoms with Gasteiger partial charge in [0.05, 0.1) is 0 Å². The first kappa shape index (κ1) is 13.3. The molecule has 0 heterocycles. The highest BCUT2D eigenvalue weighted by atomic mass is 31.0. The maximum absolute atomic E-state index is 2.98. The van der Waals surface area contributed by atoms with Crippen LogP contribution in [0.15, 0.2) is 54.6 Å². The van der Waals surface area contributed by atoms with Crippen molar-refractivity contribution in [3.63, 3.8) is 0 Å². The van der Waals surface area contributed by atoms with Gasteiger partial charge in [-0.15, -0.1) is 9.24 Å². The maximum Gasteiger partial charge on any atom is 0.00340 e. The molecule has 94 valence electrons. The molecule has 0 fully saturated rings. The van der Waals surface area contributed by atoms with E-state index in [9.17, 15) is 0 Å². The van der Waals surface area contributed by atoms with Crippen LogP contribution in [0.5, 0.6) is 0 Å². The van der Waals surface area contributed by atoms with Crippen molar-refractivity contribution in [2.45, 2.75) is 26.4 Å². The first-order chi connectivity index (χ1) is 8.48. The van der Waals surface area contributed by atoms with Crippen LogP contribution in [-0.2, 0) is 0 Å². The third kappa shape index (κ3) is 3.00. The van der Waals surface area contributed by atoms with E-state index in [1.165, 1.54) is 16.7 Å². The fourth-order valence-corrected chi connectivity index (χ4v) is 2.25. The van der Waals surface area contributed by atoms with Crippen LogP contribution in [0.1, 0.15) is 32.0 Å². The second-order valence-electron chi connectivity index (χ2n) is 5.84. The quantitative estimate of drug-likeness (QED) is 0.638.